The second-order valence-corrected chi connectivity index (χ2v) is 4.25. The standard InChI is InChI=1S/C14H10N4O3/c15-11-7-3-1-5-9(11)14(20)21-18-13(19)10-6-2-4-8-12(10)16-17-18/h1-8H,15H2. The molecule has 7 heteroatoms. The zero-order chi connectivity index (χ0) is 14.8. The number of nitrogens with two attached hydrogens (primary N) is 1. The first-order valence-electron chi connectivity index (χ1n) is 6.09. The summed E-state index contributed by atoms with van der Waals surface area (Å²) in [5, 5.41) is 7.69. The van der Waals surface area contributed by atoms with Crippen LogP contribution in [-0.2, 0) is 0 Å². The van der Waals surface area contributed by atoms with E-state index in [2.05, 4.69) is 10.3 Å². The second-order valence-electron chi connectivity index (χ2n) is 4.25. The van der Waals surface area contributed by atoms with Crippen molar-refractivity contribution in [3.63, 3.8) is 0 Å². The SMILES string of the molecule is Nc1ccccc1C(=O)On1nnc2ccccc2c1=O. The number of para-hydroxylation sites is 1. The van der Waals surface area contributed by atoms with E-state index in [4.69, 9.17) is 10.6 Å². The lowest BCUT2D eigenvalue weighted by molar-refractivity contribution is 0.0352. The van der Waals surface area contributed by atoms with Gasteiger partial charge in [0.1, 0.15) is 5.52 Å². The summed E-state index contributed by atoms with van der Waals surface area (Å²) in [5.41, 5.74) is 5.94. The van der Waals surface area contributed by atoms with Crippen LogP contribution in [0.1, 0.15) is 10.4 Å². The molecule has 0 bridgehead atoms. The number of nitrogen functional groups attached to an aromatic ring is 1. The van der Waals surface area contributed by atoms with E-state index in [0.717, 1.165) is 0 Å². The van der Waals surface area contributed by atoms with Crippen LogP contribution in [0.25, 0.3) is 10.9 Å². The summed E-state index contributed by atoms with van der Waals surface area (Å²) >= 11 is 0. The van der Waals surface area contributed by atoms with Gasteiger partial charge in [-0.2, -0.15) is 0 Å². The third-order valence-corrected chi connectivity index (χ3v) is 2.89. The molecule has 0 aliphatic rings. The maximum Gasteiger partial charge on any atom is 0.368 e. The zero-order valence-electron chi connectivity index (χ0n) is 10.8. The van der Waals surface area contributed by atoms with Crippen LogP contribution in [0.15, 0.2) is 53.3 Å². The van der Waals surface area contributed by atoms with Gasteiger partial charge in [0.25, 0.3) is 0 Å². The molecular formula is C14H10N4O3. The average molecular weight is 282 g/mol. The highest BCUT2D eigenvalue weighted by molar-refractivity contribution is 5.95. The Bertz CT molecular complexity index is 889. The molecule has 2 aromatic carbocycles. The van der Waals surface area contributed by atoms with Gasteiger partial charge in [0.2, 0.25) is 0 Å². The lowest BCUT2D eigenvalue weighted by atomic mass is 10.2. The molecule has 1 aromatic heterocycles. The number of aromatic nitrogens is 3. The highest BCUT2D eigenvalue weighted by Crippen LogP contribution is 2.10. The molecule has 2 N–H and O–H groups in total. The number of carbonyl (C=O) groups excluding carboxylic acids is 1. The Balaban J connectivity index is 1.99. The van der Waals surface area contributed by atoms with Gasteiger partial charge in [-0.15, -0.1) is 5.10 Å². The molecule has 7 nitrogen and oxygen atoms in total. The fourth-order valence-corrected chi connectivity index (χ4v) is 1.84. The summed E-state index contributed by atoms with van der Waals surface area (Å²) < 4.78 is 0. The lowest BCUT2D eigenvalue weighted by Gasteiger charge is -2.06. The van der Waals surface area contributed by atoms with Crippen LogP contribution in [0.5, 0.6) is 0 Å². The molecule has 0 amide bonds. The fraction of sp³-hybridized carbons (Fsp3) is 0. The van der Waals surface area contributed by atoms with Gasteiger partial charge < -0.3 is 10.6 Å². The third-order valence-electron chi connectivity index (χ3n) is 2.89. The van der Waals surface area contributed by atoms with Crippen LogP contribution in [0.3, 0.4) is 0 Å². The summed E-state index contributed by atoms with van der Waals surface area (Å²) in [7, 11) is 0. The molecule has 0 aliphatic heterocycles. The van der Waals surface area contributed by atoms with Gasteiger partial charge in [0.05, 0.1) is 10.9 Å². The number of carbonyl (C=O) groups is 1. The van der Waals surface area contributed by atoms with E-state index in [0.29, 0.717) is 15.7 Å². The molecule has 0 unspecified atom stereocenters. The smallest absolute Gasteiger partial charge is 0.368 e. The van der Waals surface area contributed by atoms with Crippen molar-refractivity contribution in [2.24, 2.45) is 0 Å². The number of hydrogen-bond acceptors (Lipinski definition) is 6. The number of rotatable bonds is 2. The van der Waals surface area contributed by atoms with E-state index < -0.39 is 11.5 Å². The normalized spacial score (nSPS) is 10.5. The van der Waals surface area contributed by atoms with Crippen molar-refractivity contribution >= 4 is 22.6 Å². The van der Waals surface area contributed by atoms with E-state index in [1.807, 2.05) is 0 Å². The molecule has 0 radical (unpaired) electrons. The van der Waals surface area contributed by atoms with Crippen molar-refractivity contribution in [2.45, 2.75) is 0 Å². The fourth-order valence-electron chi connectivity index (χ4n) is 1.84. The van der Waals surface area contributed by atoms with E-state index in [1.54, 1.807) is 42.5 Å². The van der Waals surface area contributed by atoms with Gasteiger partial charge in [0, 0.05) is 5.69 Å². The zero-order valence-corrected chi connectivity index (χ0v) is 10.8. The van der Waals surface area contributed by atoms with Crippen molar-refractivity contribution in [1.29, 1.82) is 0 Å². The Hall–Kier alpha value is -3.22. The Kier molecular flexibility index (Phi) is 3.07. The van der Waals surface area contributed by atoms with Gasteiger partial charge in [-0.05, 0) is 34.3 Å². The first-order chi connectivity index (χ1) is 10.2. The van der Waals surface area contributed by atoms with Crippen LogP contribution < -0.4 is 16.1 Å². The monoisotopic (exact) mass is 282 g/mol. The summed E-state index contributed by atoms with van der Waals surface area (Å²) in [6, 6.07) is 13.0. The van der Waals surface area contributed by atoms with Crippen molar-refractivity contribution in [3.8, 4) is 0 Å². The highest BCUT2D eigenvalue weighted by Gasteiger charge is 2.14. The topological polar surface area (TPSA) is 100 Å². The third kappa shape index (κ3) is 2.32. The number of nitrogens with zero attached hydrogens (tertiary/aromatic N) is 3. The molecule has 0 atom stereocenters. The molecular weight excluding hydrogens is 272 g/mol. The van der Waals surface area contributed by atoms with Gasteiger partial charge in [0.15, 0.2) is 0 Å². The first kappa shape index (κ1) is 12.8. The van der Waals surface area contributed by atoms with E-state index in [-0.39, 0.29) is 11.3 Å². The van der Waals surface area contributed by atoms with Crippen molar-refractivity contribution in [2.75, 3.05) is 5.73 Å². The molecule has 0 saturated heterocycles. The Labute approximate surface area is 118 Å². The molecule has 0 spiro atoms. The molecule has 1 heterocycles. The Morgan fingerprint density at radius 3 is 2.62 bits per heavy atom. The lowest BCUT2D eigenvalue weighted by Crippen LogP contribution is -2.34. The quantitative estimate of drug-likeness (QED) is 0.547. The van der Waals surface area contributed by atoms with Gasteiger partial charge >= 0.3 is 11.5 Å². The van der Waals surface area contributed by atoms with E-state index in [1.165, 1.54) is 6.07 Å². The predicted molar refractivity (Wildman–Crippen MR) is 75.6 cm³/mol. The minimum atomic E-state index is -0.778. The minimum Gasteiger partial charge on any atom is -0.398 e. The largest absolute Gasteiger partial charge is 0.398 e. The maximum atomic E-state index is 12.1. The second kappa shape index (κ2) is 5.04. The van der Waals surface area contributed by atoms with Crippen LogP contribution in [0.4, 0.5) is 5.69 Å². The summed E-state index contributed by atoms with van der Waals surface area (Å²) in [5.74, 6) is -0.778. The van der Waals surface area contributed by atoms with Crippen molar-refractivity contribution in [3.05, 3.63) is 64.4 Å². The molecule has 0 fully saturated rings. The van der Waals surface area contributed by atoms with E-state index >= 15 is 0 Å². The Morgan fingerprint density at radius 1 is 1.10 bits per heavy atom. The summed E-state index contributed by atoms with van der Waals surface area (Å²) in [6.07, 6.45) is 0. The number of fused-ring (bicyclic) bond motifs is 1. The molecule has 0 saturated carbocycles. The molecule has 3 rings (SSSR count). The predicted octanol–water partition coefficient (Wildman–Crippen LogP) is 0.643. The highest BCUT2D eigenvalue weighted by atomic mass is 16.7. The summed E-state index contributed by atoms with van der Waals surface area (Å²) in [6.45, 7) is 0. The van der Waals surface area contributed by atoms with Crippen LogP contribution in [0.2, 0.25) is 0 Å². The Morgan fingerprint density at radius 2 is 1.81 bits per heavy atom. The van der Waals surface area contributed by atoms with Crippen LogP contribution >= 0.6 is 0 Å². The molecule has 21 heavy (non-hydrogen) atoms. The van der Waals surface area contributed by atoms with E-state index in [9.17, 15) is 9.59 Å². The first-order valence-corrected chi connectivity index (χ1v) is 6.09. The molecule has 3 aromatic rings. The van der Waals surface area contributed by atoms with Gasteiger partial charge in [-0.25, -0.2) is 4.79 Å². The van der Waals surface area contributed by atoms with Crippen LogP contribution in [0, 0.1) is 0 Å². The maximum absolute atomic E-state index is 12.1. The number of hydrogen-bond donors (Lipinski definition) is 1. The van der Waals surface area contributed by atoms with Gasteiger partial charge in [-0.3, -0.25) is 4.79 Å². The molecule has 104 valence electrons. The van der Waals surface area contributed by atoms with Crippen LogP contribution in [-0.4, -0.2) is 21.1 Å². The molecule has 0 aliphatic carbocycles. The van der Waals surface area contributed by atoms with Crippen molar-refractivity contribution in [1.82, 2.24) is 15.2 Å². The average Bonchev–Trinajstić information content (AvgIpc) is 2.51. The van der Waals surface area contributed by atoms with Crippen molar-refractivity contribution < 1.29 is 9.63 Å². The minimum absolute atomic E-state index is 0.152. The van der Waals surface area contributed by atoms with Gasteiger partial charge in [-0.1, -0.05) is 24.3 Å². The summed E-state index contributed by atoms with van der Waals surface area (Å²) in [4.78, 5) is 29.6. The number of anilines is 1. The number of benzene rings is 2.